The van der Waals surface area contributed by atoms with E-state index in [1.54, 1.807) is 0 Å². The van der Waals surface area contributed by atoms with Crippen molar-refractivity contribution in [3.8, 4) is 0 Å². The van der Waals surface area contributed by atoms with Crippen LogP contribution in [0.1, 0.15) is 98.4 Å². The SMILES string of the molecule is O=C(c1ccc(C2CC3(CCCCCCCCC3)c3occc3N2)cc1)N1CCN(C(=O)C2CCN2)CC1. The van der Waals surface area contributed by atoms with Crippen LogP contribution in [0.25, 0.3) is 0 Å². The van der Waals surface area contributed by atoms with Crippen molar-refractivity contribution >= 4 is 17.5 Å². The van der Waals surface area contributed by atoms with Gasteiger partial charge in [-0.15, -0.1) is 0 Å². The number of hydrogen-bond donors (Lipinski definition) is 2. The van der Waals surface area contributed by atoms with Gasteiger partial charge in [0.1, 0.15) is 5.76 Å². The normalized spacial score (nSPS) is 25.7. The van der Waals surface area contributed by atoms with Gasteiger partial charge in [-0.25, -0.2) is 0 Å². The van der Waals surface area contributed by atoms with Crippen LogP contribution in [0.2, 0.25) is 0 Å². The largest absolute Gasteiger partial charge is 0.467 e. The standard InChI is InChI=1S/C31H42N4O3/c36-29(34-17-19-35(20-18-34)30(37)26-12-16-32-26)24-10-8-23(9-11-24)27-22-31(28-25(33-27)13-21-38-28)14-6-4-2-1-3-5-7-15-31/h8-11,13,21,26-27,32-33H,1-7,12,14-20,22H2. The summed E-state index contributed by atoms with van der Waals surface area (Å²) in [6.07, 6.45) is 15.4. The summed E-state index contributed by atoms with van der Waals surface area (Å²) >= 11 is 0. The molecule has 2 atom stereocenters. The molecule has 1 spiro atoms. The Morgan fingerprint density at radius 2 is 1.47 bits per heavy atom. The second-order valence-electron chi connectivity index (χ2n) is 11.9. The summed E-state index contributed by atoms with van der Waals surface area (Å²) in [6.45, 7) is 3.33. The quantitative estimate of drug-likeness (QED) is 0.581. The number of fused-ring (bicyclic) bond motifs is 2. The maximum Gasteiger partial charge on any atom is 0.253 e. The van der Waals surface area contributed by atoms with Crippen molar-refractivity contribution in [3.63, 3.8) is 0 Å². The molecular weight excluding hydrogens is 476 g/mol. The molecule has 38 heavy (non-hydrogen) atoms. The summed E-state index contributed by atoms with van der Waals surface area (Å²) in [4.78, 5) is 29.5. The van der Waals surface area contributed by atoms with E-state index < -0.39 is 0 Å². The number of benzene rings is 1. The van der Waals surface area contributed by atoms with E-state index in [2.05, 4.69) is 28.8 Å². The van der Waals surface area contributed by atoms with Crippen molar-refractivity contribution in [2.45, 2.75) is 88.1 Å². The molecule has 3 aliphatic heterocycles. The van der Waals surface area contributed by atoms with Gasteiger partial charge in [0.05, 0.1) is 24.0 Å². The maximum absolute atomic E-state index is 13.2. The Labute approximate surface area is 226 Å². The molecule has 2 unspecified atom stereocenters. The zero-order valence-electron chi connectivity index (χ0n) is 22.6. The highest BCUT2D eigenvalue weighted by molar-refractivity contribution is 5.94. The predicted molar refractivity (Wildman–Crippen MR) is 148 cm³/mol. The van der Waals surface area contributed by atoms with Crippen LogP contribution < -0.4 is 10.6 Å². The second-order valence-corrected chi connectivity index (χ2v) is 11.9. The number of piperazine rings is 1. The lowest BCUT2D eigenvalue weighted by Gasteiger charge is -2.41. The molecule has 1 saturated carbocycles. The zero-order chi connectivity index (χ0) is 26.0. The Morgan fingerprint density at radius 1 is 0.842 bits per heavy atom. The lowest BCUT2D eigenvalue weighted by Crippen LogP contribution is -2.58. The average Bonchev–Trinajstić information content (AvgIpc) is 3.41. The molecule has 1 aromatic heterocycles. The first-order valence-corrected chi connectivity index (χ1v) is 14.9. The summed E-state index contributed by atoms with van der Waals surface area (Å²) in [5.74, 6) is 1.40. The van der Waals surface area contributed by atoms with Crippen LogP contribution in [0.4, 0.5) is 5.69 Å². The molecule has 3 fully saturated rings. The van der Waals surface area contributed by atoms with Gasteiger partial charge >= 0.3 is 0 Å². The van der Waals surface area contributed by atoms with Crippen LogP contribution in [0.3, 0.4) is 0 Å². The van der Waals surface area contributed by atoms with E-state index in [-0.39, 0.29) is 29.3 Å². The molecule has 6 rings (SSSR count). The molecule has 2 N–H and O–H groups in total. The third-order valence-electron chi connectivity index (χ3n) is 9.44. The Kier molecular flexibility index (Phi) is 7.46. The molecule has 7 heteroatoms. The molecule has 1 aliphatic carbocycles. The molecular formula is C31H42N4O3. The van der Waals surface area contributed by atoms with Crippen molar-refractivity contribution in [3.05, 3.63) is 53.5 Å². The first-order valence-electron chi connectivity index (χ1n) is 14.9. The molecule has 7 nitrogen and oxygen atoms in total. The number of nitrogens with one attached hydrogen (secondary N) is 2. The number of amides is 2. The van der Waals surface area contributed by atoms with Gasteiger partial charge in [0.2, 0.25) is 5.91 Å². The van der Waals surface area contributed by atoms with Gasteiger partial charge in [0.25, 0.3) is 5.91 Å². The predicted octanol–water partition coefficient (Wildman–Crippen LogP) is 5.25. The third kappa shape index (κ3) is 5.09. The van der Waals surface area contributed by atoms with Gasteiger partial charge in [0.15, 0.2) is 0 Å². The van der Waals surface area contributed by atoms with Crippen LogP contribution in [-0.2, 0) is 10.2 Å². The molecule has 2 saturated heterocycles. The number of carbonyl (C=O) groups is 2. The summed E-state index contributed by atoms with van der Waals surface area (Å²) in [5.41, 5.74) is 3.19. The maximum atomic E-state index is 13.2. The van der Waals surface area contributed by atoms with Crippen LogP contribution in [0, 0.1) is 0 Å². The lowest BCUT2D eigenvalue weighted by atomic mass is 9.68. The van der Waals surface area contributed by atoms with E-state index in [0.29, 0.717) is 26.2 Å². The Morgan fingerprint density at radius 3 is 2.11 bits per heavy atom. The highest BCUT2D eigenvalue weighted by atomic mass is 16.3. The van der Waals surface area contributed by atoms with Crippen molar-refractivity contribution in [1.82, 2.24) is 15.1 Å². The number of hydrogen-bond acceptors (Lipinski definition) is 5. The lowest BCUT2D eigenvalue weighted by molar-refractivity contribution is -0.136. The number of anilines is 1. The molecule has 0 radical (unpaired) electrons. The monoisotopic (exact) mass is 518 g/mol. The number of nitrogens with zero attached hydrogens (tertiary/aromatic N) is 2. The second kappa shape index (κ2) is 11.1. The fraction of sp³-hybridized carbons (Fsp3) is 0.613. The smallest absolute Gasteiger partial charge is 0.253 e. The van der Waals surface area contributed by atoms with Crippen molar-refractivity contribution in [2.75, 3.05) is 38.0 Å². The van der Waals surface area contributed by atoms with Gasteiger partial charge in [0, 0.05) is 37.2 Å². The topological polar surface area (TPSA) is 77.8 Å². The van der Waals surface area contributed by atoms with E-state index in [0.717, 1.165) is 36.4 Å². The highest BCUT2D eigenvalue weighted by Crippen LogP contribution is 2.50. The van der Waals surface area contributed by atoms with Gasteiger partial charge < -0.3 is 24.9 Å². The number of carbonyl (C=O) groups excluding carboxylic acids is 2. The van der Waals surface area contributed by atoms with E-state index >= 15 is 0 Å². The fourth-order valence-corrected chi connectivity index (χ4v) is 7.01. The van der Waals surface area contributed by atoms with Gasteiger partial charge in [-0.1, -0.05) is 57.1 Å². The zero-order valence-corrected chi connectivity index (χ0v) is 22.6. The van der Waals surface area contributed by atoms with E-state index in [9.17, 15) is 9.59 Å². The molecule has 1 aromatic carbocycles. The summed E-state index contributed by atoms with van der Waals surface area (Å²) in [5, 5.41) is 6.93. The first-order chi connectivity index (χ1) is 18.6. The molecule has 204 valence electrons. The van der Waals surface area contributed by atoms with E-state index in [4.69, 9.17) is 4.42 Å². The van der Waals surface area contributed by atoms with Gasteiger partial charge in [-0.2, -0.15) is 0 Å². The minimum Gasteiger partial charge on any atom is -0.467 e. The Bertz CT molecular complexity index is 1100. The molecule has 4 heterocycles. The number of furan rings is 1. The summed E-state index contributed by atoms with van der Waals surface area (Å²) < 4.78 is 6.12. The van der Waals surface area contributed by atoms with Crippen LogP contribution in [0.5, 0.6) is 0 Å². The fourth-order valence-electron chi connectivity index (χ4n) is 7.01. The average molecular weight is 519 g/mol. The van der Waals surface area contributed by atoms with Crippen molar-refractivity contribution in [2.24, 2.45) is 0 Å². The summed E-state index contributed by atoms with van der Waals surface area (Å²) in [7, 11) is 0. The Balaban J connectivity index is 1.12. The van der Waals surface area contributed by atoms with E-state index in [1.807, 2.05) is 28.2 Å². The van der Waals surface area contributed by atoms with Crippen LogP contribution in [-0.4, -0.2) is 60.4 Å². The molecule has 2 amide bonds. The van der Waals surface area contributed by atoms with Crippen LogP contribution >= 0.6 is 0 Å². The third-order valence-corrected chi connectivity index (χ3v) is 9.44. The first kappa shape index (κ1) is 25.5. The van der Waals surface area contributed by atoms with E-state index in [1.165, 1.54) is 63.4 Å². The summed E-state index contributed by atoms with van der Waals surface area (Å²) in [6, 6.07) is 10.5. The molecule has 4 aliphatic rings. The minimum atomic E-state index is -0.0214. The number of rotatable bonds is 3. The van der Waals surface area contributed by atoms with Gasteiger partial charge in [-0.3, -0.25) is 9.59 Å². The Hall–Kier alpha value is -2.80. The van der Waals surface area contributed by atoms with Crippen molar-refractivity contribution in [1.29, 1.82) is 0 Å². The molecule has 2 aromatic rings. The van der Waals surface area contributed by atoms with Crippen molar-refractivity contribution < 1.29 is 14.0 Å². The molecule has 0 bridgehead atoms. The minimum absolute atomic E-state index is 0.0214. The van der Waals surface area contributed by atoms with Gasteiger partial charge in [-0.05, 0) is 56.0 Å². The van der Waals surface area contributed by atoms with Crippen LogP contribution in [0.15, 0.2) is 41.0 Å². The highest BCUT2D eigenvalue weighted by Gasteiger charge is 2.43.